The molecule has 8 saturated carbocycles. The molecule has 5 atom stereocenters. The Morgan fingerprint density at radius 1 is 0.697 bits per heavy atom. The normalized spacial score (nSPS) is 57.1. The highest BCUT2D eigenvalue weighted by atomic mass is 79.9. The summed E-state index contributed by atoms with van der Waals surface area (Å²) in [4.78, 5) is 0.678. The summed E-state index contributed by atoms with van der Waals surface area (Å²) in [6.45, 7) is 14.0. The van der Waals surface area contributed by atoms with E-state index in [1.807, 2.05) is 0 Å². The number of rotatable bonds is 8. The predicted octanol–water partition coefficient (Wildman–Crippen LogP) is 9.46. The Labute approximate surface area is 213 Å². The minimum absolute atomic E-state index is 0.177. The van der Waals surface area contributed by atoms with Crippen molar-refractivity contribution in [1.82, 2.24) is 0 Å². The SMILES string of the molecule is CCCC(Br)CCCOC12CC3(C)CC(C)(C1)CC(C14CC5CC(C)(CC(C)(C5)C1)C4)(C3)C2. The summed E-state index contributed by atoms with van der Waals surface area (Å²) in [6.07, 6.45) is 22.9. The highest BCUT2D eigenvalue weighted by Crippen LogP contribution is 2.82. The van der Waals surface area contributed by atoms with Crippen LogP contribution in [0.3, 0.4) is 0 Å². The number of alkyl halides is 1. The second kappa shape index (κ2) is 7.26. The maximum atomic E-state index is 7.12. The van der Waals surface area contributed by atoms with Crippen LogP contribution in [-0.2, 0) is 4.74 Å². The van der Waals surface area contributed by atoms with Crippen molar-refractivity contribution in [2.75, 3.05) is 6.61 Å². The lowest BCUT2D eigenvalue weighted by Gasteiger charge is -2.78. The topological polar surface area (TPSA) is 9.23 Å². The van der Waals surface area contributed by atoms with Crippen LogP contribution in [0.2, 0.25) is 0 Å². The molecule has 0 aromatic carbocycles. The van der Waals surface area contributed by atoms with E-state index >= 15 is 0 Å². The van der Waals surface area contributed by atoms with E-state index in [0.717, 1.165) is 12.5 Å². The van der Waals surface area contributed by atoms with Gasteiger partial charge in [0.1, 0.15) is 0 Å². The van der Waals surface area contributed by atoms with Crippen molar-refractivity contribution in [2.24, 2.45) is 38.4 Å². The molecule has 1 nitrogen and oxygen atoms in total. The fourth-order valence-corrected chi connectivity index (χ4v) is 14.2. The van der Waals surface area contributed by atoms with Crippen molar-refractivity contribution in [3.63, 3.8) is 0 Å². The zero-order chi connectivity index (χ0) is 23.4. The zero-order valence-corrected chi connectivity index (χ0v) is 24.0. The Hall–Kier alpha value is 0.440. The molecule has 8 aliphatic rings. The number of hydrogen-bond acceptors (Lipinski definition) is 1. The molecule has 0 aromatic heterocycles. The third-order valence-corrected chi connectivity index (χ3v) is 12.9. The van der Waals surface area contributed by atoms with Gasteiger partial charge in [0.05, 0.1) is 5.60 Å². The van der Waals surface area contributed by atoms with Crippen molar-refractivity contribution >= 4 is 15.9 Å². The summed E-state index contributed by atoms with van der Waals surface area (Å²) < 4.78 is 7.12. The second-order valence-corrected chi connectivity index (χ2v) is 17.7. The van der Waals surface area contributed by atoms with Gasteiger partial charge in [-0.2, -0.15) is 0 Å². The summed E-state index contributed by atoms with van der Waals surface area (Å²) in [5, 5.41) is 0. The first-order valence-corrected chi connectivity index (χ1v) is 15.5. The quantitative estimate of drug-likeness (QED) is 0.229. The lowest BCUT2D eigenvalue weighted by molar-refractivity contribution is -0.306. The van der Waals surface area contributed by atoms with Gasteiger partial charge in [-0.05, 0) is 135 Å². The van der Waals surface area contributed by atoms with Crippen LogP contribution in [0.25, 0.3) is 0 Å². The maximum absolute atomic E-state index is 7.12. The minimum Gasteiger partial charge on any atom is -0.375 e. The number of hydrogen-bond donors (Lipinski definition) is 0. The third kappa shape index (κ3) is 3.76. The van der Waals surface area contributed by atoms with Gasteiger partial charge in [-0.3, -0.25) is 0 Å². The molecule has 0 heterocycles. The summed E-state index contributed by atoms with van der Waals surface area (Å²) >= 11 is 3.90. The summed E-state index contributed by atoms with van der Waals surface area (Å²) in [7, 11) is 0. The summed E-state index contributed by atoms with van der Waals surface area (Å²) in [6, 6.07) is 0. The largest absolute Gasteiger partial charge is 0.375 e. The highest BCUT2D eigenvalue weighted by Gasteiger charge is 2.74. The average Bonchev–Trinajstić information content (AvgIpc) is 2.59. The Morgan fingerprint density at radius 3 is 1.85 bits per heavy atom. The van der Waals surface area contributed by atoms with E-state index in [4.69, 9.17) is 4.74 Å². The van der Waals surface area contributed by atoms with Crippen LogP contribution in [0.4, 0.5) is 0 Å². The van der Waals surface area contributed by atoms with E-state index < -0.39 is 0 Å². The van der Waals surface area contributed by atoms with Crippen LogP contribution < -0.4 is 0 Å². The molecule has 0 N–H and O–H groups in total. The Balaban J connectivity index is 1.29. The lowest BCUT2D eigenvalue weighted by Crippen LogP contribution is -2.70. The molecule has 33 heavy (non-hydrogen) atoms. The van der Waals surface area contributed by atoms with E-state index in [1.165, 1.54) is 96.3 Å². The van der Waals surface area contributed by atoms with Gasteiger partial charge in [-0.1, -0.05) is 57.0 Å². The van der Waals surface area contributed by atoms with E-state index in [1.54, 1.807) is 6.42 Å². The van der Waals surface area contributed by atoms with Crippen LogP contribution in [0.15, 0.2) is 0 Å². The molecule has 8 rings (SSSR count). The molecule has 8 bridgehead atoms. The zero-order valence-electron chi connectivity index (χ0n) is 22.5. The van der Waals surface area contributed by atoms with Crippen molar-refractivity contribution in [2.45, 2.75) is 148 Å². The standard InChI is InChI=1S/C31H51BrO/c1-6-8-24(32)9-7-10-33-31-20-27(4)15-28(5,21-31)19-30(18-27,22-31)29-13-23-11-25(2,16-29)14-26(3,12-23)17-29/h23-24H,6-22H2,1-5H3. The molecular weight excluding hydrogens is 468 g/mol. The molecular formula is C31H51BrO. The van der Waals surface area contributed by atoms with Crippen LogP contribution in [0.1, 0.15) is 137 Å². The van der Waals surface area contributed by atoms with Crippen LogP contribution in [0.5, 0.6) is 0 Å². The maximum Gasteiger partial charge on any atom is 0.0698 e. The minimum atomic E-state index is 0.177. The highest BCUT2D eigenvalue weighted by molar-refractivity contribution is 9.09. The fraction of sp³-hybridized carbons (Fsp3) is 1.00. The van der Waals surface area contributed by atoms with Crippen molar-refractivity contribution in [1.29, 1.82) is 0 Å². The summed E-state index contributed by atoms with van der Waals surface area (Å²) in [5.74, 6) is 1.01. The number of halogens is 1. The molecule has 0 aromatic rings. The molecule has 8 fully saturated rings. The molecule has 0 aliphatic heterocycles. The van der Waals surface area contributed by atoms with Gasteiger partial charge in [0.25, 0.3) is 0 Å². The molecule has 188 valence electrons. The fourth-order valence-electron chi connectivity index (χ4n) is 13.4. The Morgan fingerprint density at radius 2 is 1.27 bits per heavy atom. The van der Waals surface area contributed by atoms with Crippen LogP contribution >= 0.6 is 15.9 Å². The lowest BCUT2D eigenvalue weighted by atomic mass is 9.28. The molecule has 0 spiro atoms. The first kappa shape index (κ1) is 23.8. The molecule has 0 amide bonds. The molecule has 2 heteroatoms. The van der Waals surface area contributed by atoms with Gasteiger partial charge in [-0.15, -0.1) is 0 Å². The van der Waals surface area contributed by atoms with Crippen molar-refractivity contribution in [3.8, 4) is 0 Å². The third-order valence-electron chi connectivity index (χ3n) is 12.0. The van der Waals surface area contributed by atoms with Crippen molar-refractivity contribution < 1.29 is 4.74 Å². The van der Waals surface area contributed by atoms with Gasteiger partial charge in [0, 0.05) is 11.4 Å². The van der Waals surface area contributed by atoms with Gasteiger partial charge in [0.2, 0.25) is 0 Å². The van der Waals surface area contributed by atoms with E-state index in [-0.39, 0.29) is 5.60 Å². The van der Waals surface area contributed by atoms with E-state index in [2.05, 4.69) is 50.5 Å². The van der Waals surface area contributed by atoms with Gasteiger partial charge >= 0.3 is 0 Å². The average molecular weight is 520 g/mol. The number of ether oxygens (including phenoxy) is 1. The van der Waals surface area contributed by atoms with E-state index in [9.17, 15) is 0 Å². The van der Waals surface area contributed by atoms with Gasteiger partial charge in [0.15, 0.2) is 0 Å². The molecule has 0 radical (unpaired) electrons. The Kier molecular flexibility index (Phi) is 5.24. The second-order valence-electron chi connectivity index (χ2n) is 16.4. The molecule has 0 saturated heterocycles. The first-order chi connectivity index (χ1) is 15.4. The van der Waals surface area contributed by atoms with Gasteiger partial charge in [-0.25, -0.2) is 0 Å². The molecule has 5 unspecified atom stereocenters. The molecule has 8 aliphatic carbocycles. The predicted molar refractivity (Wildman–Crippen MR) is 142 cm³/mol. The van der Waals surface area contributed by atoms with Crippen molar-refractivity contribution in [3.05, 3.63) is 0 Å². The first-order valence-electron chi connectivity index (χ1n) is 14.6. The van der Waals surface area contributed by atoms with Gasteiger partial charge < -0.3 is 4.74 Å². The monoisotopic (exact) mass is 518 g/mol. The van der Waals surface area contributed by atoms with E-state index in [0.29, 0.717) is 37.3 Å². The Bertz CT molecular complexity index is 765. The summed E-state index contributed by atoms with van der Waals surface area (Å²) in [5.41, 5.74) is 3.60. The smallest absolute Gasteiger partial charge is 0.0698 e. The van der Waals surface area contributed by atoms with Crippen LogP contribution in [0, 0.1) is 38.4 Å². The van der Waals surface area contributed by atoms with Crippen LogP contribution in [-0.4, -0.2) is 17.0 Å².